The fourth-order valence-corrected chi connectivity index (χ4v) is 3.62. The summed E-state index contributed by atoms with van der Waals surface area (Å²) in [7, 11) is 0. The van der Waals surface area contributed by atoms with E-state index in [9.17, 15) is 8.78 Å². The number of hydrogen-bond acceptors (Lipinski definition) is 1. The van der Waals surface area contributed by atoms with Crippen LogP contribution in [0.5, 0.6) is 0 Å². The zero-order valence-electron chi connectivity index (χ0n) is 6.89. The smallest absolute Gasteiger partial charge is 0.254 e. The molecule has 1 aliphatic heterocycles. The van der Waals surface area contributed by atoms with Crippen LogP contribution in [0.3, 0.4) is 0 Å². The van der Waals surface area contributed by atoms with Gasteiger partial charge in [0.15, 0.2) is 0 Å². The number of halogens is 2. The van der Waals surface area contributed by atoms with Gasteiger partial charge in [-0.1, -0.05) is 0 Å². The highest BCUT2D eigenvalue weighted by Crippen LogP contribution is 2.61. The number of hydrogen-bond donors (Lipinski definition) is 1. The zero-order valence-corrected chi connectivity index (χ0v) is 6.89. The van der Waals surface area contributed by atoms with E-state index in [1.54, 1.807) is 0 Å². The molecule has 2 aliphatic carbocycles. The molecule has 1 heterocycles. The molecule has 12 heavy (non-hydrogen) atoms. The summed E-state index contributed by atoms with van der Waals surface area (Å²) in [6, 6.07) is 0. The van der Waals surface area contributed by atoms with Crippen LogP contribution in [0.1, 0.15) is 12.8 Å². The summed E-state index contributed by atoms with van der Waals surface area (Å²) in [5.74, 6) is -2.32. The van der Waals surface area contributed by atoms with Crippen LogP contribution >= 0.6 is 0 Å². The molecule has 4 atom stereocenters. The van der Waals surface area contributed by atoms with E-state index in [1.165, 1.54) is 0 Å². The van der Waals surface area contributed by atoms with Crippen LogP contribution in [0.15, 0.2) is 0 Å². The first-order chi connectivity index (χ1) is 5.71. The quantitative estimate of drug-likeness (QED) is 0.585. The summed E-state index contributed by atoms with van der Waals surface area (Å²) in [4.78, 5) is 0. The Balaban J connectivity index is 1.99. The summed E-state index contributed by atoms with van der Waals surface area (Å²) in [5, 5.41) is 3.23. The van der Waals surface area contributed by atoms with Gasteiger partial charge in [0.1, 0.15) is 0 Å². The molecule has 2 bridgehead atoms. The predicted molar refractivity (Wildman–Crippen MR) is 41.0 cm³/mol. The van der Waals surface area contributed by atoms with Crippen LogP contribution in [0.25, 0.3) is 0 Å². The second-order valence-electron chi connectivity index (χ2n) is 4.45. The van der Waals surface area contributed by atoms with Gasteiger partial charge in [0.05, 0.1) is 0 Å². The van der Waals surface area contributed by atoms with Gasteiger partial charge in [0.2, 0.25) is 0 Å². The first kappa shape index (κ1) is 7.25. The Morgan fingerprint density at radius 3 is 2.00 bits per heavy atom. The van der Waals surface area contributed by atoms with Crippen LogP contribution in [-0.2, 0) is 0 Å². The fourth-order valence-electron chi connectivity index (χ4n) is 3.62. The van der Waals surface area contributed by atoms with E-state index < -0.39 is 5.92 Å². The van der Waals surface area contributed by atoms with Crippen LogP contribution < -0.4 is 5.32 Å². The highest BCUT2D eigenvalue weighted by Gasteiger charge is 2.66. The molecule has 68 valence electrons. The van der Waals surface area contributed by atoms with Crippen molar-refractivity contribution in [2.24, 2.45) is 23.7 Å². The van der Waals surface area contributed by atoms with E-state index in [-0.39, 0.29) is 11.8 Å². The average Bonchev–Trinajstić information content (AvgIpc) is 2.60. The van der Waals surface area contributed by atoms with Crippen LogP contribution in [0, 0.1) is 23.7 Å². The Labute approximate surface area is 70.5 Å². The molecule has 0 radical (unpaired) electrons. The van der Waals surface area contributed by atoms with Gasteiger partial charge in [-0.2, -0.15) is 0 Å². The van der Waals surface area contributed by atoms with Crippen molar-refractivity contribution < 1.29 is 8.78 Å². The molecule has 0 aromatic rings. The molecular formula is C9H13F2N. The minimum atomic E-state index is -2.32. The van der Waals surface area contributed by atoms with Gasteiger partial charge in [-0.05, 0) is 37.8 Å². The van der Waals surface area contributed by atoms with Gasteiger partial charge in [-0.25, -0.2) is 8.78 Å². The third-order valence-electron chi connectivity index (χ3n) is 4.12. The highest BCUT2D eigenvalue weighted by molar-refractivity contribution is 5.10. The Kier molecular flexibility index (Phi) is 1.21. The lowest BCUT2D eigenvalue weighted by atomic mass is 9.82. The van der Waals surface area contributed by atoms with Gasteiger partial charge < -0.3 is 5.32 Å². The summed E-state index contributed by atoms with van der Waals surface area (Å²) in [5.41, 5.74) is 0. The van der Waals surface area contributed by atoms with Gasteiger partial charge in [0, 0.05) is 11.8 Å². The first-order valence-electron chi connectivity index (χ1n) is 4.80. The molecule has 0 amide bonds. The lowest BCUT2D eigenvalue weighted by molar-refractivity contribution is -0.0546. The lowest BCUT2D eigenvalue weighted by Crippen LogP contribution is -2.28. The summed E-state index contributed by atoms with van der Waals surface area (Å²) < 4.78 is 27.0. The Bertz CT molecular complexity index is 197. The van der Waals surface area contributed by atoms with Crippen molar-refractivity contribution in [1.29, 1.82) is 0 Å². The average molecular weight is 173 g/mol. The summed E-state index contributed by atoms with van der Waals surface area (Å²) in [6.07, 6.45) is 1.53. The molecule has 2 saturated carbocycles. The molecule has 0 spiro atoms. The van der Waals surface area contributed by atoms with E-state index in [0.717, 1.165) is 25.9 Å². The molecular weight excluding hydrogens is 160 g/mol. The maximum absolute atomic E-state index is 13.5. The third kappa shape index (κ3) is 0.630. The molecule has 4 unspecified atom stereocenters. The van der Waals surface area contributed by atoms with E-state index >= 15 is 0 Å². The van der Waals surface area contributed by atoms with Gasteiger partial charge in [-0.3, -0.25) is 0 Å². The molecule has 3 rings (SSSR count). The highest BCUT2D eigenvalue weighted by atomic mass is 19.3. The second kappa shape index (κ2) is 2.00. The predicted octanol–water partition coefficient (Wildman–Crippen LogP) is 1.50. The molecule has 3 fully saturated rings. The van der Waals surface area contributed by atoms with Crippen molar-refractivity contribution in [3.8, 4) is 0 Å². The van der Waals surface area contributed by atoms with Crippen molar-refractivity contribution in [2.75, 3.05) is 13.1 Å². The largest absolute Gasteiger partial charge is 0.316 e. The van der Waals surface area contributed by atoms with Crippen molar-refractivity contribution in [3.05, 3.63) is 0 Å². The second-order valence-corrected chi connectivity index (χ2v) is 4.45. The minimum Gasteiger partial charge on any atom is -0.316 e. The molecule has 3 heteroatoms. The fraction of sp³-hybridized carbons (Fsp3) is 1.00. The Morgan fingerprint density at radius 2 is 1.50 bits per heavy atom. The topological polar surface area (TPSA) is 12.0 Å². The van der Waals surface area contributed by atoms with Crippen LogP contribution in [0.4, 0.5) is 8.78 Å². The molecule has 1 saturated heterocycles. The molecule has 1 N–H and O–H groups in total. The van der Waals surface area contributed by atoms with Crippen molar-refractivity contribution in [1.82, 2.24) is 5.32 Å². The maximum Gasteiger partial charge on any atom is 0.254 e. The molecule has 0 aromatic heterocycles. The minimum absolute atomic E-state index is 0.289. The van der Waals surface area contributed by atoms with Crippen LogP contribution in [0.2, 0.25) is 0 Å². The van der Waals surface area contributed by atoms with Crippen molar-refractivity contribution in [3.63, 3.8) is 0 Å². The zero-order chi connectivity index (χ0) is 8.34. The third-order valence-corrected chi connectivity index (χ3v) is 4.12. The van der Waals surface area contributed by atoms with E-state index in [4.69, 9.17) is 0 Å². The van der Waals surface area contributed by atoms with Gasteiger partial charge in [0.25, 0.3) is 5.92 Å². The van der Waals surface area contributed by atoms with E-state index in [2.05, 4.69) is 5.32 Å². The first-order valence-corrected chi connectivity index (χ1v) is 4.80. The summed E-state index contributed by atoms with van der Waals surface area (Å²) in [6.45, 7) is 1.67. The maximum atomic E-state index is 13.5. The monoisotopic (exact) mass is 173 g/mol. The SMILES string of the molecule is FC1(F)C2CCC1C1CNCC12. The van der Waals surface area contributed by atoms with Gasteiger partial charge >= 0.3 is 0 Å². The Hall–Kier alpha value is -0.180. The van der Waals surface area contributed by atoms with Crippen molar-refractivity contribution >= 4 is 0 Å². The van der Waals surface area contributed by atoms with Crippen molar-refractivity contribution in [2.45, 2.75) is 18.8 Å². The molecule has 3 aliphatic rings. The number of rotatable bonds is 0. The molecule has 1 nitrogen and oxygen atoms in total. The number of alkyl halides is 2. The van der Waals surface area contributed by atoms with Crippen LogP contribution in [-0.4, -0.2) is 19.0 Å². The normalized spacial score (nSPS) is 54.5. The van der Waals surface area contributed by atoms with E-state index in [1.807, 2.05) is 0 Å². The standard InChI is InChI=1S/C9H13F2N/c10-9(11)7-1-2-8(9)6-4-12-3-5(6)7/h5-8,12H,1-4H2. The number of nitrogens with one attached hydrogen (secondary N) is 1. The van der Waals surface area contributed by atoms with Gasteiger partial charge in [-0.15, -0.1) is 0 Å². The molecule has 0 aromatic carbocycles. The van der Waals surface area contributed by atoms with E-state index in [0.29, 0.717) is 11.8 Å². The Morgan fingerprint density at radius 1 is 1.00 bits per heavy atom. The lowest BCUT2D eigenvalue weighted by Gasteiger charge is -2.20. The number of fused-ring (bicyclic) bond motifs is 5. The summed E-state index contributed by atoms with van der Waals surface area (Å²) >= 11 is 0.